The van der Waals surface area contributed by atoms with Crippen molar-refractivity contribution in [3.63, 3.8) is 0 Å². The van der Waals surface area contributed by atoms with Gasteiger partial charge in [-0.3, -0.25) is 4.79 Å². The second kappa shape index (κ2) is 15.3. The molecule has 1 saturated heterocycles. The summed E-state index contributed by atoms with van der Waals surface area (Å²) in [6.07, 6.45) is 4.00. The summed E-state index contributed by atoms with van der Waals surface area (Å²) in [4.78, 5) is 18.4. The van der Waals surface area contributed by atoms with Crippen molar-refractivity contribution in [3.05, 3.63) is 29.8 Å². The Morgan fingerprint density at radius 1 is 1.26 bits per heavy atom. The van der Waals surface area contributed by atoms with Gasteiger partial charge < -0.3 is 26.0 Å². The molecule has 8 heteroatoms. The molecule has 0 saturated carbocycles. The average molecular weight is 546 g/mol. The van der Waals surface area contributed by atoms with E-state index in [4.69, 9.17) is 10.5 Å². The predicted molar refractivity (Wildman–Crippen MR) is 138 cm³/mol. The number of nitrogens with zero attached hydrogens (tertiary/aromatic N) is 2. The van der Waals surface area contributed by atoms with E-state index >= 15 is 0 Å². The zero-order valence-electron chi connectivity index (χ0n) is 19.2. The highest BCUT2D eigenvalue weighted by Gasteiger charge is 2.22. The van der Waals surface area contributed by atoms with Gasteiger partial charge in [-0.1, -0.05) is 18.2 Å². The van der Waals surface area contributed by atoms with E-state index in [1.807, 2.05) is 25.1 Å². The molecule has 0 bridgehead atoms. The largest absolute Gasteiger partial charge is 0.489 e. The van der Waals surface area contributed by atoms with Crippen LogP contribution in [0.1, 0.15) is 45.1 Å². The summed E-state index contributed by atoms with van der Waals surface area (Å²) in [6, 6.07) is 8.05. The van der Waals surface area contributed by atoms with Crippen molar-refractivity contribution >= 4 is 35.8 Å². The van der Waals surface area contributed by atoms with Gasteiger partial charge in [0.15, 0.2) is 5.96 Å². The Kier molecular flexibility index (Phi) is 13.6. The van der Waals surface area contributed by atoms with Gasteiger partial charge in [0.2, 0.25) is 5.91 Å². The third-order valence-electron chi connectivity index (χ3n) is 5.46. The van der Waals surface area contributed by atoms with Crippen LogP contribution in [0.25, 0.3) is 0 Å². The number of halogens is 1. The van der Waals surface area contributed by atoms with E-state index in [0.29, 0.717) is 6.54 Å². The van der Waals surface area contributed by atoms with Gasteiger partial charge in [-0.25, -0.2) is 4.99 Å². The zero-order chi connectivity index (χ0) is 21.8. The molecule has 1 heterocycles. The van der Waals surface area contributed by atoms with E-state index < -0.39 is 0 Å². The Bertz CT molecular complexity index is 678. The number of para-hydroxylation sites is 1. The van der Waals surface area contributed by atoms with E-state index in [1.54, 1.807) is 0 Å². The predicted octanol–water partition coefficient (Wildman–Crippen LogP) is 2.91. The number of nitrogens with two attached hydrogens (primary N) is 1. The van der Waals surface area contributed by atoms with Crippen LogP contribution < -0.4 is 21.1 Å². The van der Waals surface area contributed by atoms with Gasteiger partial charge in [0, 0.05) is 19.0 Å². The molecule has 1 aromatic rings. The van der Waals surface area contributed by atoms with Crippen LogP contribution in [0.2, 0.25) is 0 Å². The lowest BCUT2D eigenvalue weighted by Crippen LogP contribution is -2.40. The normalized spacial score (nSPS) is 16.3. The SMILES string of the molecule is CCNC(=NCC(C)Oc1ccccc1C)NCCCCN1CCC(C(N)=O)CC1.I. The molecule has 1 fully saturated rings. The number of carbonyl (C=O) groups is 1. The molecule has 1 aliphatic heterocycles. The number of nitrogens with one attached hydrogen (secondary N) is 2. The van der Waals surface area contributed by atoms with Crippen molar-refractivity contribution in [2.45, 2.75) is 52.6 Å². The monoisotopic (exact) mass is 545 g/mol. The Labute approximate surface area is 204 Å². The highest BCUT2D eigenvalue weighted by molar-refractivity contribution is 14.0. The van der Waals surface area contributed by atoms with Crippen molar-refractivity contribution in [1.29, 1.82) is 0 Å². The van der Waals surface area contributed by atoms with Gasteiger partial charge in [0.05, 0.1) is 6.54 Å². The van der Waals surface area contributed by atoms with Crippen molar-refractivity contribution in [2.75, 3.05) is 39.3 Å². The number of benzene rings is 1. The summed E-state index contributed by atoms with van der Waals surface area (Å²) in [5.41, 5.74) is 6.54. The number of piperidine rings is 1. The minimum absolute atomic E-state index is 0. The summed E-state index contributed by atoms with van der Waals surface area (Å²) in [6.45, 7) is 11.5. The lowest BCUT2D eigenvalue weighted by Gasteiger charge is -2.30. The molecule has 7 nitrogen and oxygen atoms in total. The van der Waals surface area contributed by atoms with Gasteiger partial charge in [0.25, 0.3) is 0 Å². The number of rotatable bonds is 11. The highest BCUT2D eigenvalue weighted by Crippen LogP contribution is 2.18. The molecule has 1 unspecified atom stereocenters. The maximum atomic E-state index is 11.2. The summed E-state index contributed by atoms with van der Waals surface area (Å²) >= 11 is 0. The molecule has 1 aromatic carbocycles. The number of likely N-dealkylation sites (tertiary alicyclic amines) is 1. The van der Waals surface area contributed by atoms with Gasteiger partial charge in [-0.05, 0) is 77.7 Å². The second-order valence-corrected chi connectivity index (χ2v) is 8.07. The number of carbonyl (C=O) groups excluding carboxylic acids is 1. The van der Waals surface area contributed by atoms with Crippen LogP contribution in [-0.4, -0.2) is 62.1 Å². The van der Waals surface area contributed by atoms with Crippen LogP contribution >= 0.6 is 24.0 Å². The van der Waals surface area contributed by atoms with E-state index in [-0.39, 0.29) is 41.9 Å². The van der Waals surface area contributed by atoms with Gasteiger partial charge in [-0.2, -0.15) is 0 Å². The number of amides is 1. The lowest BCUT2D eigenvalue weighted by molar-refractivity contribution is -0.123. The minimum Gasteiger partial charge on any atom is -0.489 e. The molecule has 0 aliphatic carbocycles. The molecule has 2 rings (SSSR count). The fraction of sp³-hybridized carbons (Fsp3) is 0.652. The first-order chi connectivity index (χ1) is 14.5. The fourth-order valence-electron chi connectivity index (χ4n) is 3.61. The van der Waals surface area contributed by atoms with Crippen molar-refractivity contribution in [2.24, 2.45) is 16.6 Å². The molecule has 1 atom stereocenters. The maximum Gasteiger partial charge on any atom is 0.220 e. The standard InChI is InChI=1S/C23H39N5O2.HI/c1-4-25-23(27-17-19(3)30-21-10-6-5-9-18(21)2)26-13-7-8-14-28-15-11-20(12-16-28)22(24)29;/h5-6,9-10,19-20H,4,7-8,11-17H2,1-3H3,(H2,24,29)(H2,25,26,27);1H. The first-order valence-electron chi connectivity index (χ1n) is 11.3. The van der Waals surface area contributed by atoms with Crippen molar-refractivity contribution in [1.82, 2.24) is 15.5 Å². The van der Waals surface area contributed by atoms with E-state index in [2.05, 4.69) is 40.4 Å². The van der Waals surface area contributed by atoms with E-state index in [1.165, 1.54) is 0 Å². The minimum atomic E-state index is -0.146. The van der Waals surface area contributed by atoms with Crippen molar-refractivity contribution < 1.29 is 9.53 Å². The van der Waals surface area contributed by atoms with Crippen LogP contribution in [0.4, 0.5) is 0 Å². The molecule has 31 heavy (non-hydrogen) atoms. The first kappa shape index (κ1) is 27.5. The molecule has 0 spiro atoms. The van der Waals surface area contributed by atoms with Crippen LogP contribution in [-0.2, 0) is 4.79 Å². The molecular weight excluding hydrogens is 505 g/mol. The number of aliphatic imine (C=N–C) groups is 1. The second-order valence-electron chi connectivity index (χ2n) is 8.07. The van der Waals surface area contributed by atoms with Crippen LogP contribution in [0.15, 0.2) is 29.3 Å². The van der Waals surface area contributed by atoms with Crippen molar-refractivity contribution in [3.8, 4) is 5.75 Å². The lowest BCUT2D eigenvalue weighted by atomic mass is 9.96. The summed E-state index contributed by atoms with van der Waals surface area (Å²) < 4.78 is 6.01. The number of hydrogen-bond acceptors (Lipinski definition) is 4. The summed E-state index contributed by atoms with van der Waals surface area (Å²) in [5.74, 6) is 1.67. The fourth-order valence-corrected chi connectivity index (χ4v) is 3.61. The molecule has 0 radical (unpaired) electrons. The number of ether oxygens (including phenoxy) is 1. The van der Waals surface area contributed by atoms with Gasteiger partial charge in [0.1, 0.15) is 11.9 Å². The highest BCUT2D eigenvalue weighted by atomic mass is 127. The van der Waals surface area contributed by atoms with Gasteiger partial charge in [-0.15, -0.1) is 24.0 Å². The topological polar surface area (TPSA) is 92.0 Å². The average Bonchev–Trinajstić information content (AvgIpc) is 2.73. The third-order valence-corrected chi connectivity index (χ3v) is 5.46. The van der Waals surface area contributed by atoms with Crippen LogP contribution in [0, 0.1) is 12.8 Å². The summed E-state index contributed by atoms with van der Waals surface area (Å²) in [5, 5.41) is 6.71. The molecular formula is C23H40IN5O2. The maximum absolute atomic E-state index is 11.2. The molecule has 176 valence electrons. The Morgan fingerprint density at radius 2 is 1.97 bits per heavy atom. The molecule has 4 N–H and O–H groups in total. The third kappa shape index (κ3) is 10.5. The number of aryl methyl sites for hydroxylation is 1. The summed E-state index contributed by atoms with van der Waals surface area (Å²) in [7, 11) is 0. The first-order valence-corrected chi connectivity index (χ1v) is 11.3. The number of hydrogen-bond donors (Lipinski definition) is 3. The van der Waals surface area contributed by atoms with Crippen LogP contribution in [0.5, 0.6) is 5.75 Å². The van der Waals surface area contributed by atoms with Gasteiger partial charge >= 0.3 is 0 Å². The molecule has 0 aromatic heterocycles. The van der Waals surface area contributed by atoms with E-state index in [0.717, 1.165) is 75.7 Å². The Balaban J connectivity index is 0.00000480. The number of guanidine groups is 1. The van der Waals surface area contributed by atoms with E-state index in [9.17, 15) is 4.79 Å². The zero-order valence-corrected chi connectivity index (χ0v) is 21.6. The Morgan fingerprint density at radius 3 is 2.61 bits per heavy atom. The quantitative estimate of drug-likeness (QED) is 0.172. The van der Waals surface area contributed by atoms with Crippen LogP contribution in [0.3, 0.4) is 0 Å². The number of primary amides is 1. The number of unbranched alkanes of at least 4 members (excludes halogenated alkanes) is 1. The Hall–Kier alpha value is -1.55. The molecule has 1 amide bonds. The smallest absolute Gasteiger partial charge is 0.220 e. The molecule has 1 aliphatic rings.